The highest BCUT2D eigenvalue weighted by atomic mass is 16.6. The number of unbranched alkanes of at least 4 members (excludes halogenated alkanes) is 6. The van der Waals surface area contributed by atoms with Crippen LogP contribution in [0.1, 0.15) is 64.4 Å². The van der Waals surface area contributed by atoms with Crippen molar-refractivity contribution in [3.8, 4) is 5.75 Å². The smallest absolute Gasteiger partial charge is 0.123 e. The molecule has 0 radical (unpaired) electrons. The Morgan fingerprint density at radius 2 is 1.78 bits per heavy atom. The fraction of sp³-hybridized carbons (Fsp3) is 0.619. The summed E-state index contributed by atoms with van der Waals surface area (Å²) in [6.07, 6.45) is 14.8. The van der Waals surface area contributed by atoms with Gasteiger partial charge in [-0.3, -0.25) is 0 Å². The van der Waals surface area contributed by atoms with Gasteiger partial charge in [0.25, 0.3) is 0 Å². The average molecular weight is 316 g/mol. The predicted octanol–water partition coefficient (Wildman–Crippen LogP) is 5.70. The third-order valence-electron chi connectivity index (χ3n) is 4.45. The van der Waals surface area contributed by atoms with Crippen molar-refractivity contribution in [1.82, 2.24) is 0 Å². The highest BCUT2D eigenvalue weighted by Gasteiger charge is 2.40. The summed E-state index contributed by atoms with van der Waals surface area (Å²) >= 11 is 0. The van der Waals surface area contributed by atoms with Gasteiger partial charge in [-0.25, -0.2) is 0 Å². The van der Waals surface area contributed by atoms with E-state index in [1.807, 2.05) is 0 Å². The summed E-state index contributed by atoms with van der Waals surface area (Å²) in [6, 6.07) is 8.45. The van der Waals surface area contributed by atoms with Crippen molar-refractivity contribution < 1.29 is 9.47 Å². The molecule has 2 nitrogen and oxygen atoms in total. The maximum atomic E-state index is 5.97. The van der Waals surface area contributed by atoms with Gasteiger partial charge in [0.1, 0.15) is 18.0 Å². The molecule has 0 bridgehead atoms. The zero-order valence-corrected chi connectivity index (χ0v) is 14.9. The van der Waals surface area contributed by atoms with E-state index in [1.165, 1.54) is 50.5 Å². The number of allylic oxidation sites excluding steroid dienone is 2. The van der Waals surface area contributed by atoms with Crippen LogP contribution < -0.4 is 4.74 Å². The molecule has 1 aliphatic rings. The number of para-hydroxylation sites is 1. The summed E-state index contributed by atoms with van der Waals surface area (Å²) in [5.74, 6) is 1.04. The van der Waals surface area contributed by atoms with Gasteiger partial charge in [-0.2, -0.15) is 0 Å². The Bertz CT molecular complexity index is 474. The van der Waals surface area contributed by atoms with E-state index in [4.69, 9.17) is 9.47 Å². The monoisotopic (exact) mass is 316 g/mol. The molecular weight excluding hydrogens is 284 g/mol. The maximum Gasteiger partial charge on any atom is 0.123 e. The molecule has 1 fully saturated rings. The number of epoxide rings is 1. The van der Waals surface area contributed by atoms with Gasteiger partial charge in [0.2, 0.25) is 0 Å². The molecule has 1 aromatic carbocycles. The largest absolute Gasteiger partial charge is 0.490 e. The summed E-state index contributed by atoms with van der Waals surface area (Å²) in [6.45, 7) is 5.69. The molecule has 0 spiro atoms. The van der Waals surface area contributed by atoms with Gasteiger partial charge in [-0.05, 0) is 51.2 Å². The fourth-order valence-corrected chi connectivity index (χ4v) is 2.74. The minimum Gasteiger partial charge on any atom is -0.490 e. The maximum absolute atomic E-state index is 5.97. The first-order chi connectivity index (χ1) is 11.2. The quantitative estimate of drug-likeness (QED) is 0.280. The van der Waals surface area contributed by atoms with Crippen molar-refractivity contribution >= 4 is 0 Å². The van der Waals surface area contributed by atoms with Crippen LogP contribution in [0.3, 0.4) is 0 Å². The molecule has 2 heteroatoms. The van der Waals surface area contributed by atoms with Gasteiger partial charge < -0.3 is 9.47 Å². The first-order valence-electron chi connectivity index (χ1n) is 9.19. The van der Waals surface area contributed by atoms with Crippen LogP contribution in [0.4, 0.5) is 0 Å². The Morgan fingerprint density at radius 3 is 2.52 bits per heavy atom. The van der Waals surface area contributed by atoms with Crippen molar-refractivity contribution in [2.45, 2.75) is 70.8 Å². The highest BCUT2D eigenvalue weighted by Crippen LogP contribution is 2.28. The van der Waals surface area contributed by atoms with E-state index < -0.39 is 0 Å². The SMILES string of the molecule is C/C=C/CCCCCCCCc1ccccc1OCC1(C)CO1. The molecule has 1 saturated heterocycles. The second-order valence-corrected chi connectivity index (χ2v) is 6.86. The van der Waals surface area contributed by atoms with E-state index in [0.29, 0.717) is 6.61 Å². The molecule has 1 aliphatic heterocycles. The van der Waals surface area contributed by atoms with Crippen LogP contribution >= 0.6 is 0 Å². The summed E-state index contributed by atoms with van der Waals surface area (Å²) in [7, 11) is 0. The second kappa shape index (κ2) is 9.77. The van der Waals surface area contributed by atoms with Crippen molar-refractivity contribution in [3.05, 3.63) is 42.0 Å². The van der Waals surface area contributed by atoms with Crippen molar-refractivity contribution in [2.24, 2.45) is 0 Å². The van der Waals surface area contributed by atoms with Crippen molar-refractivity contribution in [2.75, 3.05) is 13.2 Å². The summed E-state index contributed by atoms with van der Waals surface area (Å²) in [4.78, 5) is 0. The molecule has 128 valence electrons. The Kier molecular flexibility index (Phi) is 7.67. The lowest BCUT2D eigenvalue weighted by Crippen LogP contribution is -2.17. The Morgan fingerprint density at radius 1 is 1.09 bits per heavy atom. The molecule has 2 rings (SSSR count). The first kappa shape index (κ1) is 18.1. The molecule has 0 aromatic heterocycles. The number of rotatable bonds is 12. The summed E-state index contributed by atoms with van der Waals surface area (Å²) in [5, 5.41) is 0. The third kappa shape index (κ3) is 7.22. The summed E-state index contributed by atoms with van der Waals surface area (Å²) in [5.41, 5.74) is 1.30. The van der Waals surface area contributed by atoms with Crippen LogP contribution in [-0.2, 0) is 11.2 Å². The van der Waals surface area contributed by atoms with Gasteiger partial charge >= 0.3 is 0 Å². The Labute approximate surface area is 141 Å². The number of hydrogen-bond acceptors (Lipinski definition) is 2. The molecule has 0 N–H and O–H groups in total. The normalized spacial score (nSPS) is 20.1. The first-order valence-corrected chi connectivity index (χ1v) is 9.19. The Hall–Kier alpha value is -1.28. The molecular formula is C21H32O2. The second-order valence-electron chi connectivity index (χ2n) is 6.86. The van der Waals surface area contributed by atoms with Crippen LogP contribution in [-0.4, -0.2) is 18.8 Å². The van der Waals surface area contributed by atoms with E-state index in [1.54, 1.807) is 0 Å². The van der Waals surface area contributed by atoms with Gasteiger partial charge in [0.05, 0.1) is 6.61 Å². The number of hydrogen-bond donors (Lipinski definition) is 0. The third-order valence-corrected chi connectivity index (χ3v) is 4.45. The topological polar surface area (TPSA) is 21.8 Å². The van der Waals surface area contributed by atoms with Crippen LogP contribution in [0.2, 0.25) is 0 Å². The van der Waals surface area contributed by atoms with Gasteiger partial charge in [-0.15, -0.1) is 0 Å². The molecule has 0 saturated carbocycles. The van der Waals surface area contributed by atoms with Crippen LogP contribution in [0, 0.1) is 0 Å². The minimum absolute atomic E-state index is 0.0416. The van der Waals surface area contributed by atoms with Gasteiger partial charge in [0, 0.05) is 0 Å². The molecule has 0 amide bonds. The fourth-order valence-electron chi connectivity index (χ4n) is 2.74. The summed E-state index contributed by atoms with van der Waals surface area (Å²) < 4.78 is 11.4. The zero-order valence-electron chi connectivity index (χ0n) is 14.9. The number of ether oxygens (including phenoxy) is 2. The lowest BCUT2D eigenvalue weighted by molar-refractivity contribution is 0.201. The van der Waals surface area contributed by atoms with Crippen molar-refractivity contribution in [1.29, 1.82) is 0 Å². The van der Waals surface area contributed by atoms with Crippen molar-refractivity contribution in [3.63, 3.8) is 0 Å². The standard InChI is InChI=1S/C21H32O2/c1-3-4-5-6-7-8-9-10-11-14-19-15-12-13-16-20(19)22-17-21(2)18-23-21/h3-4,12-13,15-16H,5-11,14,17-18H2,1-2H3/b4-3+. The molecule has 1 unspecified atom stereocenters. The predicted molar refractivity (Wildman–Crippen MR) is 97.1 cm³/mol. The number of aryl methyl sites for hydroxylation is 1. The van der Waals surface area contributed by atoms with Gasteiger partial charge in [0.15, 0.2) is 0 Å². The minimum atomic E-state index is -0.0416. The lowest BCUT2D eigenvalue weighted by Gasteiger charge is -2.13. The average Bonchev–Trinajstić information content (AvgIpc) is 3.30. The molecule has 0 aliphatic carbocycles. The van der Waals surface area contributed by atoms with E-state index in [2.05, 4.69) is 50.3 Å². The highest BCUT2D eigenvalue weighted by molar-refractivity contribution is 5.33. The van der Waals surface area contributed by atoms with E-state index in [0.717, 1.165) is 18.8 Å². The van der Waals surface area contributed by atoms with Crippen LogP contribution in [0.15, 0.2) is 36.4 Å². The zero-order chi connectivity index (χ0) is 16.4. The molecule has 1 heterocycles. The van der Waals surface area contributed by atoms with Crippen LogP contribution in [0.25, 0.3) is 0 Å². The molecule has 23 heavy (non-hydrogen) atoms. The Balaban J connectivity index is 1.59. The van der Waals surface area contributed by atoms with E-state index in [9.17, 15) is 0 Å². The lowest BCUT2D eigenvalue weighted by atomic mass is 10.0. The molecule has 1 aromatic rings. The van der Waals surface area contributed by atoms with E-state index in [-0.39, 0.29) is 5.60 Å². The number of benzene rings is 1. The van der Waals surface area contributed by atoms with Gasteiger partial charge in [-0.1, -0.05) is 56.0 Å². The van der Waals surface area contributed by atoms with E-state index >= 15 is 0 Å². The van der Waals surface area contributed by atoms with Crippen LogP contribution in [0.5, 0.6) is 5.75 Å². The molecule has 1 atom stereocenters.